The van der Waals surface area contributed by atoms with Gasteiger partial charge < -0.3 is 10.1 Å². The van der Waals surface area contributed by atoms with Crippen LogP contribution < -0.4 is 5.32 Å². The zero-order valence-electron chi connectivity index (χ0n) is 11.7. The summed E-state index contributed by atoms with van der Waals surface area (Å²) in [5.41, 5.74) is 0.573. The molecule has 116 valence electrons. The molecule has 0 aliphatic carbocycles. The van der Waals surface area contributed by atoms with E-state index in [0.717, 1.165) is 4.47 Å². The first kappa shape index (κ1) is 16.5. The lowest BCUT2D eigenvalue weighted by atomic mass is 10.2. The molecule has 1 heterocycles. The minimum absolute atomic E-state index is 0.434. The molecule has 0 radical (unpaired) electrons. The third-order valence-electron chi connectivity index (χ3n) is 3.59. The minimum atomic E-state index is -3.50. The first-order chi connectivity index (χ1) is 9.91. The molecule has 0 unspecified atom stereocenters. The van der Waals surface area contributed by atoms with Gasteiger partial charge in [-0.3, -0.25) is 4.79 Å². The molecule has 1 aromatic carbocycles. The van der Waals surface area contributed by atoms with Crippen molar-refractivity contribution in [3.8, 4) is 0 Å². The molecule has 1 fully saturated rings. The van der Waals surface area contributed by atoms with E-state index in [1.807, 2.05) is 6.07 Å². The minimum Gasteiger partial charge on any atom is -0.381 e. The first-order valence-electron chi connectivity index (χ1n) is 6.78. The molecule has 0 aromatic heterocycles. The maximum atomic E-state index is 12.5. The molecule has 1 aliphatic heterocycles. The second-order valence-electron chi connectivity index (χ2n) is 5.04. The number of anilines is 1. The number of halogens is 1. The maximum absolute atomic E-state index is 12.5. The van der Waals surface area contributed by atoms with Crippen molar-refractivity contribution in [2.45, 2.75) is 30.3 Å². The van der Waals surface area contributed by atoms with Gasteiger partial charge in [0.05, 0.1) is 5.25 Å². The summed E-state index contributed by atoms with van der Waals surface area (Å²) in [6.45, 7) is 2.31. The maximum Gasteiger partial charge on any atom is 0.242 e. The van der Waals surface area contributed by atoms with Crippen molar-refractivity contribution in [1.82, 2.24) is 0 Å². The van der Waals surface area contributed by atoms with Crippen molar-refractivity contribution in [2.24, 2.45) is 0 Å². The first-order valence-corrected chi connectivity index (χ1v) is 9.18. The van der Waals surface area contributed by atoms with E-state index < -0.39 is 26.2 Å². The summed E-state index contributed by atoms with van der Waals surface area (Å²) in [5.74, 6) is -0.500. The molecule has 5 nitrogen and oxygen atoms in total. The van der Waals surface area contributed by atoms with Crippen molar-refractivity contribution >= 4 is 37.4 Å². The second kappa shape index (κ2) is 6.89. The SMILES string of the molecule is C[C@H](C(=O)Nc1cccc(Br)c1)S(=O)(=O)C1CCOCC1. The average molecular weight is 376 g/mol. The molecule has 2 rings (SSSR count). The van der Waals surface area contributed by atoms with Gasteiger partial charge in [0.15, 0.2) is 9.84 Å². The van der Waals surface area contributed by atoms with Crippen LogP contribution in [0.25, 0.3) is 0 Å². The topological polar surface area (TPSA) is 72.5 Å². The zero-order chi connectivity index (χ0) is 15.5. The van der Waals surface area contributed by atoms with Crippen LogP contribution in [-0.4, -0.2) is 38.0 Å². The molecule has 0 bridgehead atoms. The molecule has 1 atom stereocenters. The second-order valence-corrected chi connectivity index (χ2v) is 8.51. The van der Waals surface area contributed by atoms with Crippen molar-refractivity contribution in [1.29, 1.82) is 0 Å². The lowest BCUT2D eigenvalue weighted by Crippen LogP contribution is -2.41. The predicted molar refractivity (Wildman–Crippen MR) is 85.0 cm³/mol. The van der Waals surface area contributed by atoms with E-state index >= 15 is 0 Å². The van der Waals surface area contributed by atoms with Gasteiger partial charge in [0.2, 0.25) is 5.91 Å². The van der Waals surface area contributed by atoms with Crippen LogP contribution in [0.2, 0.25) is 0 Å². The van der Waals surface area contributed by atoms with E-state index in [2.05, 4.69) is 21.2 Å². The molecule has 1 amide bonds. The highest BCUT2D eigenvalue weighted by Crippen LogP contribution is 2.22. The highest BCUT2D eigenvalue weighted by atomic mass is 79.9. The number of carbonyl (C=O) groups is 1. The van der Waals surface area contributed by atoms with Gasteiger partial charge in [-0.05, 0) is 38.0 Å². The normalized spacial score (nSPS) is 18.2. The number of ether oxygens (including phenoxy) is 1. The van der Waals surface area contributed by atoms with Gasteiger partial charge in [0, 0.05) is 23.4 Å². The fourth-order valence-electron chi connectivity index (χ4n) is 2.25. The summed E-state index contributed by atoms with van der Waals surface area (Å²) in [7, 11) is -3.50. The van der Waals surface area contributed by atoms with E-state index in [0.29, 0.717) is 31.7 Å². The highest BCUT2D eigenvalue weighted by molar-refractivity contribution is 9.10. The quantitative estimate of drug-likeness (QED) is 0.876. The number of hydrogen-bond donors (Lipinski definition) is 1. The summed E-state index contributed by atoms with van der Waals surface area (Å²) < 4.78 is 30.9. The van der Waals surface area contributed by atoms with Crippen molar-refractivity contribution in [3.05, 3.63) is 28.7 Å². The Hall–Kier alpha value is -0.920. The third-order valence-corrected chi connectivity index (χ3v) is 6.68. The Balaban J connectivity index is 2.07. The Kier molecular flexibility index (Phi) is 5.40. The fourth-order valence-corrected chi connectivity index (χ4v) is 4.44. The number of benzene rings is 1. The Labute approximate surface area is 133 Å². The average Bonchev–Trinajstić information content (AvgIpc) is 2.47. The van der Waals surface area contributed by atoms with Crippen molar-refractivity contribution in [2.75, 3.05) is 18.5 Å². The van der Waals surface area contributed by atoms with Gasteiger partial charge in [-0.25, -0.2) is 8.42 Å². The van der Waals surface area contributed by atoms with Crippen LogP contribution in [-0.2, 0) is 19.4 Å². The Morgan fingerprint density at radius 3 is 2.67 bits per heavy atom. The third kappa shape index (κ3) is 4.05. The molecule has 21 heavy (non-hydrogen) atoms. The Morgan fingerprint density at radius 1 is 1.38 bits per heavy atom. The highest BCUT2D eigenvalue weighted by Gasteiger charge is 2.36. The van der Waals surface area contributed by atoms with Gasteiger partial charge in [-0.15, -0.1) is 0 Å². The number of rotatable bonds is 4. The van der Waals surface area contributed by atoms with Crippen LogP contribution in [0.1, 0.15) is 19.8 Å². The van der Waals surface area contributed by atoms with Crippen LogP contribution in [0.5, 0.6) is 0 Å². The van der Waals surface area contributed by atoms with Crippen LogP contribution >= 0.6 is 15.9 Å². The predicted octanol–water partition coefficient (Wildman–Crippen LogP) is 2.37. The molecular formula is C14H18BrNO4S. The molecule has 0 spiro atoms. The molecule has 1 aliphatic rings. The largest absolute Gasteiger partial charge is 0.381 e. The molecule has 0 saturated carbocycles. The molecule has 1 N–H and O–H groups in total. The molecular weight excluding hydrogens is 358 g/mol. The number of nitrogens with one attached hydrogen (secondary N) is 1. The number of amides is 1. The Bertz CT molecular complexity index is 611. The smallest absolute Gasteiger partial charge is 0.242 e. The van der Waals surface area contributed by atoms with Crippen molar-refractivity contribution in [3.63, 3.8) is 0 Å². The van der Waals surface area contributed by atoms with E-state index in [4.69, 9.17) is 4.74 Å². The summed E-state index contributed by atoms with van der Waals surface area (Å²) in [6, 6.07) is 7.05. The van der Waals surface area contributed by atoms with E-state index in [9.17, 15) is 13.2 Å². The van der Waals surface area contributed by atoms with Crippen LogP contribution in [0.3, 0.4) is 0 Å². The summed E-state index contributed by atoms with van der Waals surface area (Å²) in [5, 5.41) is 1.09. The summed E-state index contributed by atoms with van der Waals surface area (Å²) >= 11 is 3.31. The monoisotopic (exact) mass is 375 g/mol. The van der Waals surface area contributed by atoms with Gasteiger partial charge in [0.1, 0.15) is 5.25 Å². The lowest BCUT2D eigenvalue weighted by molar-refractivity contribution is -0.115. The summed E-state index contributed by atoms with van der Waals surface area (Å²) in [4.78, 5) is 12.2. The van der Waals surface area contributed by atoms with E-state index in [1.165, 1.54) is 6.92 Å². The van der Waals surface area contributed by atoms with E-state index in [-0.39, 0.29) is 0 Å². The fraction of sp³-hybridized carbons (Fsp3) is 0.500. The zero-order valence-corrected chi connectivity index (χ0v) is 14.1. The molecule has 1 aromatic rings. The van der Waals surface area contributed by atoms with Gasteiger partial charge in [-0.2, -0.15) is 0 Å². The van der Waals surface area contributed by atoms with Crippen LogP contribution in [0.4, 0.5) is 5.69 Å². The standard InChI is InChI=1S/C14H18BrNO4S/c1-10(21(18,19)13-5-7-20-8-6-13)14(17)16-12-4-2-3-11(15)9-12/h2-4,9-10,13H,5-8H2,1H3,(H,16,17)/t10-/m1/s1. The van der Waals surface area contributed by atoms with Gasteiger partial charge in [-0.1, -0.05) is 22.0 Å². The van der Waals surface area contributed by atoms with Gasteiger partial charge >= 0.3 is 0 Å². The summed E-state index contributed by atoms with van der Waals surface area (Å²) in [6.07, 6.45) is 0.910. The number of carbonyl (C=O) groups excluding carboxylic acids is 1. The van der Waals surface area contributed by atoms with Crippen LogP contribution in [0, 0.1) is 0 Å². The van der Waals surface area contributed by atoms with Gasteiger partial charge in [0.25, 0.3) is 0 Å². The van der Waals surface area contributed by atoms with Crippen molar-refractivity contribution < 1.29 is 17.9 Å². The van der Waals surface area contributed by atoms with E-state index in [1.54, 1.807) is 18.2 Å². The Morgan fingerprint density at radius 2 is 2.05 bits per heavy atom. The number of hydrogen-bond acceptors (Lipinski definition) is 4. The molecule has 1 saturated heterocycles. The van der Waals surface area contributed by atoms with Crippen LogP contribution in [0.15, 0.2) is 28.7 Å². The molecule has 7 heteroatoms. The number of sulfone groups is 1. The lowest BCUT2D eigenvalue weighted by Gasteiger charge is -2.25.